The molecule has 0 aliphatic heterocycles. The number of aliphatic hydroxyl groups excluding tert-OH is 1. The van der Waals surface area contributed by atoms with E-state index in [1.165, 1.54) is 23.8 Å². The van der Waals surface area contributed by atoms with E-state index in [9.17, 15) is 0 Å². The van der Waals surface area contributed by atoms with Gasteiger partial charge in [0.05, 0.1) is 6.61 Å². The number of H-pyrrole nitrogens is 1. The minimum Gasteiger partial charge on any atom is -0.390 e. The number of aromatic amines is 1. The highest BCUT2D eigenvalue weighted by atomic mass is 16.3. The van der Waals surface area contributed by atoms with Crippen molar-refractivity contribution < 1.29 is 5.11 Å². The zero-order valence-corrected chi connectivity index (χ0v) is 7.96. The summed E-state index contributed by atoms with van der Waals surface area (Å²) in [5.74, 6) is 0.798. The molecule has 1 heterocycles. The van der Waals surface area contributed by atoms with Crippen LogP contribution in [0.2, 0.25) is 0 Å². The third-order valence-electron chi connectivity index (χ3n) is 2.92. The highest BCUT2D eigenvalue weighted by Gasteiger charge is 2.23. The van der Waals surface area contributed by atoms with Crippen molar-refractivity contribution in [3.05, 3.63) is 35.5 Å². The zero-order chi connectivity index (χ0) is 9.54. The summed E-state index contributed by atoms with van der Waals surface area (Å²) in [7, 11) is 0. The summed E-state index contributed by atoms with van der Waals surface area (Å²) >= 11 is 0. The number of hydrogen-bond donors (Lipinski definition) is 2. The molecule has 2 nitrogen and oxygen atoms in total. The highest BCUT2D eigenvalue weighted by molar-refractivity contribution is 5.81. The molecule has 2 heteroatoms. The van der Waals surface area contributed by atoms with Crippen molar-refractivity contribution in [2.24, 2.45) is 0 Å². The first-order valence-electron chi connectivity index (χ1n) is 5.09. The number of nitrogens with one attached hydrogen (secondary N) is 1. The summed E-state index contributed by atoms with van der Waals surface area (Å²) in [5.41, 5.74) is 3.47. The largest absolute Gasteiger partial charge is 0.390 e. The molecule has 2 N–H and O–H groups in total. The third-order valence-corrected chi connectivity index (χ3v) is 2.92. The van der Waals surface area contributed by atoms with E-state index in [0.717, 1.165) is 17.1 Å². The molecule has 1 saturated carbocycles. The lowest BCUT2D eigenvalue weighted by Crippen LogP contribution is -1.79. The lowest BCUT2D eigenvalue weighted by atomic mass is 10.1. The summed E-state index contributed by atoms with van der Waals surface area (Å²) < 4.78 is 0. The second kappa shape index (κ2) is 2.85. The van der Waals surface area contributed by atoms with Crippen molar-refractivity contribution in [2.45, 2.75) is 25.4 Å². The topological polar surface area (TPSA) is 36.0 Å². The Morgan fingerprint density at radius 3 is 2.86 bits per heavy atom. The van der Waals surface area contributed by atoms with Gasteiger partial charge < -0.3 is 10.1 Å². The molecule has 1 aliphatic rings. The highest BCUT2D eigenvalue weighted by Crippen LogP contribution is 2.40. The van der Waals surface area contributed by atoms with E-state index in [1.807, 2.05) is 6.07 Å². The predicted molar refractivity (Wildman–Crippen MR) is 56.2 cm³/mol. The van der Waals surface area contributed by atoms with Crippen LogP contribution in [0.5, 0.6) is 0 Å². The molecule has 0 atom stereocenters. The molecule has 1 aromatic carbocycles. The average Bonchev–Trinajstić information content (AvgIpc) is 2.97. The van der Waals surface area contributed by atoms with Gasteiger partial charge in [0.2, 0.25) is 0 Å². The normalized spacial score (nSPS) is 16.4. The van der Waals surface area contributed by atoms with Crippen LogP contribution < -0.4 is 0 Å². The number of hydrogen-bond acceptors (Lipinski definition) is 1. The van der Waals surface area contributed by atoms with Crippen molar-refractivity contribution in [3.8, 4) is 0 Å². The van der Waals surface area contributed by atoms with Crippen molar-refractivity contribution in [1.82, 2.24) is 4.98 Å². The zero-order valence-electron chi connectivity index (χ0n) is 7.96. The van der Waals surface area contributed by atoms with Gasteiger partial charge in [-0.1, -0.05) is 6.07 Å². The smallest absolute Gasteiger partial charge is 0.0831 e. The van der Waals surface area contributed by atoms with Crippen LogP contribution in [0.1, 0.15) is 30.0 Å². The molecule has 0 radical (unpaired) electrons. The number of benzene rings is 1. The maximum Gasteiger partial charge on any atom is 0.0831 e. The minimum absolute atomic E-state index is 0.0907. The van der Waals surface area contributed by atoms with Gasteiger partial charge in [0.1, 0.15) is 0 Å². The monoisotopic (exact) mass is 187 g/mol. The molecule has 0 unspecified atom stereocenters. The van der Waals surface area contributed by atoms with E-state index in [4.69, 9.17) is 5.11 Å². The molecule has 0 saturated heterocycles. The Balaban J connectivity index is 2.12. The fourth-order valence-corrected chi connectivity index (χ4v) is 1.97. The summed E-state index contributed by atoms with van der Waals surface area (Å²) in [6, 6.07) is 8.57. The van der Waals surface area contributed by atoms with Gasteiger partial charge in [-0.25, -0.2) is 0 Å². The minimum atomic E-state index is 0.0907. The molecule has 1 fully saturated rings. The Morgan fingerprint density at radius 2 is 2.14 bits per heavy atom. The number of aromatic nitrogens is 1. The lowest BCUT2D eigenvalue weighted by molar-refractivity contribution is 0.278. The van der Waals surface area contributed by atoms with Crippen LogP contribution in [0.15, 0.2) is 24.3 Å². The Labute approximate surface area is 82.6 Å². The van der Waals surface area contributed by atoms with Gasteiger partial charge >= 0.3 is 0 Å². The van der Waals surface area contributed by atoms with Crippen LogP contribution in [0.25, 0.3) is 10.9 Å². The van der Waals surface area contributed by atoms with E-state index in [2.05, 4.69) is 23.2 Å². The lowest BCUT2D eigenvalue weighted by Gasteiger charge is -1.96. The van der Waals surface area contributed by atoms with Crippen LogP contribution in [-0.2, 0) is 6.61 Å². The number of rotatable bonds is 2. The fourth-order valence-electron chi connectivity index (χ4n) is 1.97. The molecular weight excluding hydrogens is 174 g/mol. The van der Waals surface area contributed by atoms with Crippen LogP contribution >= 0.6 is 0 Å². The van der Waals surface area contributed by atoms with Crippen molar-refractivity contribution in [3.63, 3.8) is 0 Å². The van der Waals surface area contributed by atoms with Gasteiger partial charge in [0, 0.05) is 16.6 Å². The number of fused-ring (bicyclic) bond motifs is 1. The second-order valence-electron chi connectivity index (χ2n) is 4.07. The third kappa shape index (κ3) is 1.23. The Morgan fingerprint density at radius 1 is 1.29 bits per heavy atom. The van der Waals surface area contributed by atoms with E-state index in [1.54, 1.807) is 0 Å². The van der Waals surface area contributed by atoms with Gasteiger partial charge in [0.15, 0.2) is 0 Å². The Bertz CT molecular complexity index is 468. The first-order chi connectivity index (χ1) is 6.86. The molecule has 1 aliphatic carbocycles. The maximum absolute atomic E-state index is 9.00. The predicted octanol–water partition coefficient (Wildman–Crippen LogP) is 2.54. The number of aliphatic hydroxyl groups is 1. The van der Waals surface area contributed by atoms with Crippen molar-refractivity contribution in [2.75, 3.05) is 0 Å². The Hall–Kier alpha value is -1.28. The van der Waals surface area contributed by atoms with Crippen LogP contribution in [0, 0.1) is 0 Å². The molecule has 0 amide bonds. The standard InChI is InChI=1S/C12H13NO/c14-7-11-6-10-5-9(8-1-2-8)3-4-12(10)13-11/h3-6,8,13-14H,1-2,7H2. The molecule has 1 aromatic heterocycles. The van der Waals surface area contributed by atoms with Gasteiger partial charge in [-0.15, -0.1) is 0 Å². The molecule has 2 aromatic rings. The molecule has 72 valence electrons. The molecule has 0 spiro atoms. The maximum atomic E-state index is 9.00. The van der Waals surface area contributed by atoms with Crippen molar-refractivity contribution in [1.29, 1.82) is 0 Å². The average molecular weight is 187 g/mol. The van der Waals surface area contributed by atoms with E-state index in [-0.39, 0.29) is 6.61 Å². The second-order valence-corrected chi connectivity index (χ2v) is 4.07. The van der Waals surface area contributed by atoms with Crippen molar-refractivity contribution >= 4 is 10.9 Å². The summed E-state index contributed by atoms with van der Waals surface area (Å²) in [6.07, 6.45) is 2.67. The van der Waals surface area contributed by atoms with Crippen LogP contribution in [0.3, 0.4) is 0 Å². The molecule has 3 rings (SSSR count). The van der Waals surface area contributed by atoms with Gasteiger partial charge in [-0.2, -0.15) is 0 Å². The summed E-state index contributed by atoms with van der Waals surface area (Å²) in [4.78, 5) is 3.18. The quantitative estimate of drug-likeness (QED) is 0.744. The van der Waals surface area contributed by atoms with E-state index in [0.29, 0.717) is 0 Å². The Kier molecular flexibility index (Phi) is 1.64. The molecule has 0 bridgehead atoms. The SMILES string of the molecule is OCc1cc2cc(C3CC3)ccc2[nH]1. The first kappa shape index (κ1) is 8.06. The van der Waals surface area contributed by atoms with Gasteiger partial charge in [-0.05, 0) is 42.5 Å². The van der Waals surface area contributed by atoms with E-state index >= 15 is 0 Å². The van der Waals surface area contributed by atoms with Crippen LogP contribution in [-0.4, -0.2) is 10.1 Å². The van der Waals surface area contributed by atoms with E-state index < -0.39 is 0 Å². The van der Waals surface area contributed by atoms with Gasteiger partial charge in [0.25, 0.3) is 0 Å². The fraction of sp³-hybridized carbons (Fsp3) is 0.333. The van der Waals surface area contributed by atoms with Crippen LogP contribution in [0.4, 0.5) is 0 Å². The van der Waals surface area contributed by atoms with Gasteiger partial charge in [-0.3, -0.25) is 0 Å². The molecule has 14 heavy (non-hydrogen) atoms. The first-order valence-corrected chi connectivity index (χ1v) is 5.09. The molecular formula is C12H13NO. The summed E-state index contributed by atoms with van der Waals surface area (Å²) in [5, 5.41) is 10.2. The summed E-state index contributed by atoms with van der Waals surface area (Å²) in [6.45, 7) is 0.0907.